The van der Waals surface area contributed by atoms with Crippen LogP contribution in [0.4, 0.5) is 0 Å². The summed E-state index contributed by atoms with van der Waals surface area (Å²) in [4.78, 5) is 11.3. The highest BCUT2D eigenvalue weighted by Crippen LogP contribution is 2.15. The smallest absolute Gasteiger partial charge is 0.310 e. The molecule has 0 aromatic rings. The van der Waals surface area contributed by atoms with Gasteiger partial charge in [0.05, 0.1) is 19.1 Å². The summed E-state index contributed by atoms with van der Waals surface area (Å²) in [5.74, 6) is -0.355. The van der Waals surface area contributed by atoms with Gasteiger partial charge in [-0.15, -0.1) is 0 Å². The van der Waals surface area contributed by atoms with E-state index in [4.69, 9.17) is 15.2 Å². The minimum absolute atomic E-state index is 0.168. The Hall–Kier alpha value is -0.610. The Morgan fingerprint density at radius 3 is 3.08 bits per heavy atom. The van der Waals surface area contributed by atoms with Gasteiger partial charge >= 0.3 is 5.97 Å². The summed E-state index contributed by atoms with van der Waals surface area (Å²) in [6, 6.07) is -0.196. The van der Waals surface area contributed by atoms with Crippen molar-refractivity contribution in [1.29, 1.82) is 0 Å². The molecule has 4 nitrogen and oxygen atoms in total. The Kier molecular flexibility index (Phi) is 3.49. The van der Waals surface area contributed by atoms with Gasteiger partial charge in [-0.2, -0.15) is 0 Å². The van der Waals surface area contributed by atoms with Gasteiger partial charge in [0.2, 0.25) is 0 Å². The second-order valence-corrected chi connectivity index (χ2v) is 2.89. The van der Waals surface area contributed by atoms with Crippen molar-refractivity contribution in [3.05, 3.63) is 0 Å². The van der Waals surface area contributed by atoms with Crippen molar-refractivity contribution < 1.29 is 14.3 Å². The lowest BCUT2D eigenvalue weighted by Gasteiger charge is -2.26. The van der Waals surface area contributed by atoms with Crippen LogP contribution in [0.2, 0.25) is 0 Å². The molecule has 70 valence electrons. The molecule has 1 aliphatic rings. The highest BCUT2D eigenvalue weighted by Gasteiger charge is 2.29. The first-order valence-electron chi connectivity index (χ1n) is 4.25. The van der Waals surface area contributed by atoms with Gasteiger partial charge in [0.15, 0.2) is 0 Å². The summed E-state index contributed by atoms with van der Waals surface area (Å²) < 4.78 is 9.98. The second kappa shape index (κ2) is 4.42. The van der Waals surface area contributed by atoms with Crippen molar-refractivity contribution in [2.75, 3.05) is 19.8 Å². The second-order valence-electron chi connectivity index (χ2n) is 2.89. The molecule has 0 aromatic heterocycles. The number of hydrogen-bond donors (Lipinski definition) is 1. The molecule has 0 unspecified atom stereocenters. The van der Waals surface area contributed by atoms with E-state index < -0.39 is 0 Å². The molecule has 0 aliphatic carbocycles. The lowest BCUT2D eigenvalue weighted by atomic mass is 9.96. The van der Waals surface area contributed by atoms with Crippen LogP contribution in [0.1, 0.15) is 13.3 Å². The maximum Gasteiger partial charge on any atom is 0.310 e. The Labute approximate surface area is 72.0 Å². The van der Waals surface area contributed by atoms with Crippen LogP contribution in [-0.4, -0.2) is 31.8 Å². The lowest BCUT2D eigenvalue weighted by molar-refractivity contribution is -0.152. The van der Waals surface area contributed by atoms with E-state index in [9.17, 15) is 4.79 Å². The van der Waals surface area contributed by atoms with Gasteiger partial charge < -0.3 is 15.2 Å². The van der Waals surface area contributed by atoms with E-state index in [1.807, 2.05) is 0 Å². The predicted molar refractivity (Wildman–Crippen MR) is 43.5 cm³/mol. The summed E-state index contributed by atoms with van der Waals surface area (Å²) in [6.07, 6.45) is 0.681. The highest BCUT2D eigenvalue weighted by atomic mass is 16.5. The van der Waals surface area contributed by atoms with Crippen molar-refractivity contribution in [2.24, 2.45) is 11.7 Å². The molecule has 2 N–H and O–H groups in total. The van der Waals surface area contributed by atoms with Gasteiger partial charge in [0, 0.05) is 12.6 Å². The summed E-state index contributed by atoms with van der Waals surface area (Å²) >= 11 is 0. The van der Waals surface area contributed by atoms with Crippen LogP contribution in [0.15, 0.2) is 0 Å². The van der Waals surface area contributed by atoms with Gasteiger partial charge in [0.25, 0.3) is 0 Å². The fourth-order valence-electron chi connectivity index (χ4n) is 1.30. The van der Waals surface area contributed by atoms with Crippen LogP contribution in [0.3, 0.4) is 0 Å². The third-order valence-corrected chi connectivity index (χ3v) is 1.99. The molecule has 0 saturated carbocycles. The maximum atomic E-state index is 11.3. The average molecular weight is 173 g/mol. The van der Waals surface area contributed by atoms with E-state index >= 15 is 0 Å². The van der Waals surface area contributed by atoms with Gasteiger partial charge in [-0.1, -0.05) is 0 Å². The summed E-state index contributed by atoms with van der Waals surface area (Å²) in [6.45, 7) is 3.28. The monoisotopic (exact) mass is 173 g/mol. The van der Waals surface area contributed by atoms with E-state index in [2.05, 4.69) is 0 Å². The zero-order valence-corrected chi connectivity index (χ0v) is 7.29. The van der Waals surface area contributed by atoms with E-state index in [1.165, 1.54) is 0 Å². The maximum absolute atomic E-state index is 11.3. The number of esters is 1. The molecular formula is C8H15NO3. The standard InChI is InChI=1S/C8H15NO3/c1-2-12-8(10)6-3-4-11-5-7(6)9/h6-7H,2-5,9H2,1H3/t6-,7+/m1/s1. The topological polar surface area (TPSA) is 61.5 Å². The fraction of sp³-hybridized carbons (Fsp3) is 0.875. The molecule has 0 bridgehead atoms. The van der Waals surface area contributed by atoms with Crippen molar-refractivity contribution >= 4 is 5.97 Å². The molecule has 1 heterocycles. The molecule has 2 atom stereocenters. The van der Waals surface area contributed by atoms with Crippen LogP contribution in [0.5, 0.6) is 0 Å². The summed E-state index contributed by atoms with van der Waals surface area (Å²) in [5, 5.41) is 0. The molecule has 0 spiro atoms. The number of ether oxygens (including phenoxy) is 2. The van der Waals surface area contributed by atoms with Crippen LogP contribution >= 0.6 is 0 Å². The fourth-order valence-corrected chi connectivity index (χ4v) is 1.30. The van der Waals surface area contributed by atoms with Gasteiger partial charge in [-0.25, -0.2) is 0 Å². The molecule has 1 aliphatic heterocycles. The number of nitrogens with two attached hydrogens (primary N) is 1. The van der Waals surface area contributed by atoms with Crippen molar-refractivity contribution in [3.63, 3.8) is 0 Å². The lowest BCUT2D eigenvalue weighted by Crippen LogP contribution is -2.44. The van der Waals surface area contributed by atoms with Gasteiger partial charge in [0.1, 0.15) is 0 Å². The van der Waals surface area contributed by atoms with Crippen molar-refractivity contribution in [3.8, 4) is 0 Å². The molecule has 0 amide bonds. The number of carbonyl (C=O) groups is 1. The van der Waals surface area contributed by atoms with Crippen molar-refractivity contribution in [1.82, 2.24) is 0 Å². The molecule has 0 aromatic carbocycles. The van der Waals surface area contributed by atoms with E-state index in [0.29, 0.717) is 26.2 Å². The number of carbonyl (C=O) groups excluding carboxylic acids is 1. The van der Waals surface area contributed by atoms with Crippen LogP contribution in [0, 0.1) is 5.92 Å². The molecule has 1 fully saturated rings. The zero-order valence-electron chi connectivity index (χ0n) is 7.29. The quantitative estimate of drug-likeness (QED) is 0.593. The third kappa shape index (κ3) is 2.19. The van der Waals surface area contributed by atoms with E-state index in [0.717, 1.165) is 0 Å². The van der Waals surface area contributed by atoms with Crippen LogP contribution < -0.4 is 5.73 Å². The minimum Gasteiger partial charge on any atom is -0.466 e. The predicted octanol–water partition coefficient (Wildman–Crippen LogP) is -0.0867. The third-order valence-electron chi connectivity index (χ3n) is 1.99. The molecule has 0 radical (unpaired) electrons. The summed E-state index contributed by atoms with van der Waals surface area (Å²) in [7, 11) is 0. The zero-order chi connectivity index (χ0) is 8.97. The first-order valence-corrected chi connectivity index (χ1v) is 4.25. The largest absolute Gasteiger partial charge is 0.466 e. The first kappa shape index (κ1) is 9.48. The van der Waals surface area contributed by atoms with Crippen LogP contribution in [-0.2, 0) is 14.3 Å². The molecule has 1 rings (SSSR count). The highest BCUT2D eigenvalue weighted by molar-refractivity contribution is 5.73. The first-order chi connectivity index (χ1) is 5.75. The van der Waals surface area contributed by atoms with Crippen LogP contribution in [0.25, 0.3) is 0 Å². The van der Waals surface area contributed by atoms with Gasteiger partial charge in [-0.05, 0) is 13.3 Å². The van der Waals surface area contributed by atoms with Crippen molar-refractivity contribution in [2.45, 2.75) is 19.4 Å². The molecule has 12 heavy (non-hydrogen) atoms. The minimum atomic E-state index is -0.196. The Bertz CT molecular complexity index is 160. The Morgan fingerprint density at radius 2 is 2.50 bits per heavy atom. The molecule has 4 heteroatoms. The van der Waals surface area contributed by atoms with E-state index in [1.54, 1.807) is 6.92 Å². The number of rotatable bonds is 2. The van der Waals surface area contributed by atoms with Gasteiger partial charge in [-0.3, -0.25) is 4.79 Å². The molecule has 1 saturated heterocycles. The van der Waals surface area contributed by atoms with E-state index in [-0.39, 0.29) is 17.9 Å². The Balaban J connectivity index is 2.42. The average Bonchev–Trinajstić information content (AvgIpc) is 2.05. The Morgan fingerprint density at radius 1 is 1.75 bits per heavy atom. The normalized spacial score (nSPS) is 29.8. The number of hydrogen-bond acceptors (Lipinski definition) is 4. The molecular weight excluding hydrogens is 158 g/mol. The summed E-state index contributed by atoms with van der Waals surface area (Å²) in [5.41, 5.74) is 5.68. The SMILES string of the molecule is CCOC(=O)[C@@H]1CCOC[C@@H]1N.